The van der Waals surface area contributed by atoms with E-state index in [0.717, 1.165) is 44.6 Å². The molecule has 0 saturated carbocycles. The van der Waals surface area contributed by atoms with Gasteiger partial charge in [0.15, 0.2) is 0 Å². The van der Waals surface area contributed by atoms with Crippen LogP contribution in [0.2, 0.25) is 0 Å². The molecule has 2 heterocycles. The van der Waals surface area contributed by atoms with Gasteiger partial charge in [-0.1, -0.05) is 18.2 Å². The van der Waals surface area contributed by atoms with E-state index < -0.39 is 0 Å². The molecule has 0 aliphatic carbocycles. The fourth-order valence-corrected chi connectivity index (χ4v) is 3.13. The first-order valence-corrected chi connectivity index (χ1v) is 8.64. The van der Waals surface area contributed by atoms with Crippen LogP contribution >= 0.6 is 0 Å². The van der Waals surface area contributed by atoms with Crippen molar-refractivity contribution in [3.8, 4) is 0 Å². The third-order valence-electron chi connectivity index (χ3n) is 4.40. The molecule has 0 spiro atoms. The van der Waals surface area contributed by atoms with Gasteiger partial charge < -0.3 is 9.47 Å². The van der Waals surface area contributed by atoms with Crippen molar-refractivity contribution in [2.24, 2.45) is 0 Å². The number of ether oxygens (including phenoxy) is 2. The molecule has 1 aliphatic heterocycles. The number of rotatable bonds is 7. The van der Waals surface area contributed by atoms with Crippen molar-refractivity contribution in [3.63, 3.8) is 0 Å². The Morgan fingerprint density at radius 3 is 2.68 bits per heavy atom. The van der Waals surface area contributed by atoms with Crippen LogP contribution < -0.4 is 0 Å². The van der Waals surface area contributed by atoms with Crippen molar-refractivity contribution in [2.75, 3.05) is 20.3 Å². The lowest BCUT2D eigenvalue weighted by Gasteiger charge is -2.25. The highest BCUT2D eigenvalue weighted by Gasteiger charge is 2.20. The van der Waals surface area contributed by atoms with Crippen LogP contribution in [0, 0.1) is 0 Å². The molecule has 1 aromatic heterocycles. The monoisotopic (exact) mass is 340 g/mol. The second kappa shape index (κ2) is 8.74. The second-order valence-electron chi connectivity index (χ2n) is 6.35. The van der Waals surface area contributed by atoms with Crippen LogP contribution in [0.5, 0.6) is 0 Å². The molecule has 1 saturated heterocycles. The van der Waals surface area contributed by atoms with E-state index >= 15 is 0 Å². The predicted octanol–water partition coefficient (Wildman–Crippen LogP) is 3.05. The quantitative estimate of drug-likeness (QED) is 0.725. The van der Waals surface area contributed by atoms with E-state index in [9.17, 15) is 4.79 Å². The van der Waals surface area contributed by atoms with Crippen molar-refractivity contribution < 1.29 is 14.3 Å². The number of hydrogen-bond acceptors (Lipinski definition) is 5. The Labute approximate surface area is 148 Å². The van der Waals surface area contributed by atoms with E-state index in [0.29, 0.717) is 11.7 Å². The van der Waals surface area contributed by atoms with E-state index in [4.69, 9.17) is 9.47 Å². The van der Waals surface area contributed by atoms with Crippen LogP contribution in [0.3, 0.4) is 0 Å². The Morgan fingerprint density at radius 1 is 1.24 bits per heavy atom. The molecule has 0 N–H and O–H groups in total. The van der Waals surface area contributed by atoms with E-state index in [2.05, 4.69) is 16.0 Å². The minimum Gasteiger partial charge on any atom is -0.465 e. The van der Waals surface area contributed by atoms with Crippen LogP contribution in [0.4, 0.5) is 0 Å². The van der Waals surface area contributed by atoms with Crippen molar-refractivity contribution in [2.45, 2.75) is 32.0 Å². The maximum Gasteiger partial charge on any atom is 0.337 e. The summed E-state index contributed by atoms with van der Waals surface area (Å²) in [5.74, 6) is -0.307. The Bertz CT molecular complexity index is 667. The summed E-state index contributed by atoms with van der Waals surface area (Å²) in [5.41, 5.74) is 2.92. The number of nitrogens with zero attached hydrogens (tertiary/aromatic N) is 2. The first-order chi connectivity index (χ1) is 12.2. The topological polar surface area (TPSA) is 51.7 Å². The van der Waals surface area contributed by atoms with Crippen LogP contribution in [0.25, 0.3) is 0 Å². The van der Waals surface area contributed by atoms with Crippen LogP contribution in [0.15, 0.2) is 48.8 Å². The Hall–Kier alpha value is -2.24. The second-order valence-corrected chi connectivity index (χ2v) is 6.35. The summed E-state index contributed by atoms with van der Waals surface area (Å²) in [4.78, 5) is 18.1. The molecule has 5 nitrogen and oxygen atoms in total. The molecule has 1 atom stereocenters. The van der Waals surface area contributed by atoms with E-state index in [1.807, 2.05) is 36.5 Å². The van der Waals surface area contributed by atoms with Gasteiger partial charge in [0.05, 0.1) is 18.8 Å². The van der Waals surface area contributed by atoms with E-state index in [-0.39, 0.29) is 5.97 Å². The summed E-state index contributed by atoms with van der Waals surface area (Å²) in [6, 6.07) is 11.7. The lowest BCUT2D eigenvalue weighted by Crippen LogP contribution is -2.31. The predicted molar refractivity (Wildman–Crippen MR) is 95.1 cm³/mol. The molecule has 1 fully saturated rings. The number of methoxy groups -OCH3 is 1. The maximum atomic E-state index is 11.6. The summed E-state index contributed by atoms with van der Waals surface area (Å²) in [6.45, 7) is 3.38. The van der Waals surface area contributed by atoms with Gasteiger partial charge in [0.25, 0.3) is 0 Å². The van der Waals surface area contributed by atoms with Crippen LogP contribution in [0.1, 0.15) is 34.3 Å². The highest BCUT2D eigenvalue weighted by Crippen LogP contribution is 2.17. The molecule has 1 unspecified atom stereocenters. The van der Waals surface area contributed by atoms with Gasteiger partial charge in [-0.05, 0) is 42.2 Å². The third kappa shape index (κ3) is 5.11. The molecule has 0 amide bonds. The molecule has 3 rings (SSSR count). The van der Waals surface area contributed by atoms with Gasteiger partial charge in [-0.3, -0.25) is 9.88 Å². The molecule has 0 bridgehead atoms. The molecular weight excluding hydrogens is 316 g/mol. The number of hydrogen-bond donors (Lipinski definition) is 0. The van der Waals surface area contributed by atoms with Gasteiger partial charge in [-0.25, -0.2) is 4.79 Å². The summed E-state index contributed by atoms with van der Waals surface area (Å²) in [6.07, 6.45) is 6.25. The van der Waals surface area contributed by atoms with Gasteiger partial charge in [-0.2, -0.15) is 0 Å². The standard InChI is InChI=1S/C20H24N2O3/c1-24-20(23)18-8-6-16(7-9-18)13-22(15-19-5-3-11-25-19)14-17-4-2-10-21-12-17/h2,4,6-10,12,19H,3,5,11,13-15H2,1H3. The zero-order valence-electron chi connectivity index (χ0n) is 14.6. The number of carbonyl (C=O) groups excluding carboxylic acids is 1. The average molecular weight is 340 g/mol. The Balaban J connectivity index is 1.68. The molecule has 2 aromatic rings. The van der Waals surface area contributed by atoms with E-state index in [1.165, 1.54) is 12.7 Å². The number of carbonyl (C=O) groups is 1. The minimum atomic E-state index is -0.307. The highest BCUT2D eigenvalue weighted by atomic mass is 16.5. The first-order valence-electron chi connectivity index (χ1n) is 8.64. The fourth-order valence-electron chi connectivity index (χ4n) is 3.13. The smallest absolute Gasteiger partial charge is 0.337 e. The van der Waals surface area contributed by atoms with Gasteiger partial charge in [0.2, 0.25) is 0 Å². The van der Waals surface area contributed by atoms with Gasteiger partial charge in [0, 0.05) is 38.6 Å². The Morgan fingerprint density at radius 2 is 2.04 bits per heavy atom. The van der Waals surface area contributed by atoms with Crippen LogP contribution in [-0.2, 0) is 22.6 Å². The molecule has 0 radical (unpaired) electrons. The molecular formula is C20H24N2O3. The molecule has 132 valence electrons. The highest BCUT2D eigenvalue weighted by molar-refractivity contribution is 5.89. The molecule has 1 aromatic carbocycles. The van der Waals surface area contributed by atoms with Gasteiger partial charge in [0.1, 0.15) is 0 Å². The summed E-state index contributed by atoms with van der Waals surface area (Å²) >= 11 is 0. The molecule has 1 aliphatic rings. The molecule has 5 heteroatoms. The number of aromatic nitrogens is 1. The van der Waals surface area contributed by atoms with Gasteiger partial charge >= 0.3 is 5.97 Å². The zero-order chi connectivity index (χ0) is 17.5. The minimum absolute atomic E-state index is 0.297. The number of pyridine rings is 1. The van der Waals surface area contributed by atoms with Gasteiger partial charge in [-0.15, -0.1) is 0 Å². The number of benzene rings is 1. The normalized spacial score (nSPS) is 17.0. The summed E-state index contributed by atoms with van der Waals surface area (Å²) in [5, 5.41) is 0. The van der Waals surface area contributed by atoms with Crippen molar-refractivity contribution in [3.05, 3.63) is 65.5 Å². The largest absolute Gasteiger partial charge is 0.465 e. The number of esters is 1. The average Bonchev–Trinajstić information content (AvgIpc) is 3.15. The van der Waals surface area contributed by atoms with Crippen LogP contribution in [-0.4, -0.2) is 42.2 Å². The maximum absolute atomic E-state index is 11.6. The lowest BCUT2D eigenvalue weighted by atomic mass is 10.1. The Kier molecular flexibility index (Phi) is 6.14. The fraction of sp³-hybridized carbons (Fsp3) is 0.400. The van der Waals surface area contributed by atoms with Crippen molar-refractivity contribution in [1.82, 2.24) is 9.88 Å². The third-order valence-corrected chi connectivity index (χ3v) is 4.40. The SMILES string of the molecule is COC(=O)c1ccc(CN(Cc2cccnc2)CC2CCCO2)cc1. The summed E-state index contributed by atoms with van der Waals surface area (Å²) < 4.78 is 10.6. The van der Waals surface area contributed by atoms with Crippen molar-refractivity contribution >= 4 is 5.97 Å². The lowest BCUT2D eigenvalue weighted by molar-refractivity contribution is 0.0600. The molecule has 25 heavy (non-hydrogen) atoms. The van der Waals surface area contributed by atoms with E-state index in [1.54, 1.807) is 6.20 Å². The summed E-state index contributed by atoms with van der Waals surface area (Å²) in [7, 11) is 1.40. The van der Waals surface area contributed by atoms with Crippen molar-refractivity contribution in [1.29, 1.82) is 0 Å². The first kappa shape index (κ1) is 17.6. The zero-order valence-corrected chi connectivity index (χ0v) is 14.6.